The van der Waals surface area contributed by atoms with E-state index in [1.54, 1.807) is 6.20 Å². The Morgan fingerprint density at radius 2 is 2.10 bits per heavy atom. The summed E-state index contributed by atoms with van der Waals surface area (Å²) in [6.45, 7) is 4.25. The van der Waals surface area contributed by atoms with Crippen molar-refractivity contribution in [3.05, 3.63) is 34.9 Å². The molecule has 0 bridgehead atoms. The molecule has 1 heterocycles. The second kappa shape index (κ2) is 6.22. The van der Waals surface area contributed by atoms with Gasteiger partial charge in [-0.05, 0) is 26.0 Å². The first kappa shape index (κ1) is 14.8. The van der Waals surface area contributed by atoms with Crippen LogP contribution in [0, 0.1) is 0 Å². The molecule has 0 fully saturated rings. The predicted octanol–water partition coefficient (Wildman–Crippen LogP) is 3.39. The van der Waals surface area contributed by atoms with Gasteiger partial charge < -0.3 is 9.64 Å². The summed E-state index contributed by atoms with van der Waals surface area (Å²) < 4.78 is 5.78. The number of nitrogens with zero attached hydrogens (tertiary/aromatic N) is 2. The molecule has 0 radical (unpaired) electrons. The molecule has 0 aliphatic rings. The van der Waals surface area contributed by atoms with Crippen LogP contribution in [0.1, 0.15) is 13.8 Å². The summed E-state index contributed by atoms with van der Waals surface area (Å²) in [5.41, 5.74) is 0. The maximum Gasteiger partial charge on any atom is 0.325 e. The average molecular weight is 337 g/mol. The van der Waals surface area contributed by atoms with Crippen LogP contribution in [-0.4, -0.2) is 30.6 Å². The molecule has 2 aromatic rings. The van der Waals surface area contributed by atoms with Crippen molar-refractivity contribution in [2.45, 2.75) is 19.9 Å². The zero-order valence-corrected chi connectivity index (χ0v) is 13.3. The number of methoxy groups -OCH3 is 1. The van der Waals surface area contributed by atoms with Gasteiger partial charge in [0.15, 0.2) is 0 Å². The molecule has 5 heteroatoms. The summed E-state index contributed by atoms with van der Waals surface area (Å²) in [5, 5.41) is 2.09. The molecule has 1 aromatic carbocycles. The molecule has 0 saturated carbocycles. The number of benzene rings is 1. The summed E-state index contributed by atoms with van der Waals surface area (Å²) in [5.74, 6) is 0.525. The number of pyridine rings is 1. The van der Waals surface area contributed by atoms with E-state index in [1.165, 1.54) is 7.11 Å². The number of anilines is 1. The van der Waals surface area contributed by atoms with Gasteiger partial charge in [-0.3, -0.25) is 4.79 Å². The molecule has 0 N–H and O–H groups in total. The van der Waals surface area contributed by atoms with Crippen molar-refractivity contribution in [1.82, 2.24) is 4.98 Å². The van der Waals surface area contributed by atoms with Crippen LogP contribution in [0.15, 0.2) is 34.9 Å². The number of halogens is 1. The van der Waals surface area contributed by atoms with Gasteiger partial charge in [-0.2, -0.15) is 0 Å². The Labute approximate surface area is 126 Å². The molecule has 0 saturated heterocycles. The number of hydrogen-bond acceptors (Lipinski definition) is 4. The lowest BCUT2D eigenvalue weighted by Crippen LogP contribution is -2.37. The highest BCUT2D eigenvalue weighted by atomic mass is 79.9. The number of rotatable bonds is 4. The number of fused-ring (bicyclic) bond motifs is 1. The quantitative estimate of drug-likeness (QED) is 0.802. The van der Waals surface area contributed by atoms with Crippen LogP contribution in [-0.2, 0) is 9.53 Å². The van der Waals surface area contributed by atoms with E-state index >= 15 is 0 Å². The average Bonchev–Trinajstić information content (AvgIpc) is 2.44. The predicted molar refractivity (Wildman–Crippen MR) is 83.9 cm³/mol. The molecule has 0 unspecified atom stereocenters. The number of esters is 1. The molecule has 4 nitrogen and oxygen atoms in total. The summed E-state index contributed by atoms with van der Waals surface area (Å²) >= 11 is 3.54. The molecule has 2 rings (SSSR count). The molecule has 0 amide bonds. The lowest BCUT2D eigenvalue weighted by molar-refractivity contribution is -0.139. The molecule has 0 aliphatic carbocycles. The van der Waals surface area contributed by atoms with Crippen molar-refractivity contribution in [3.63, 3.8) is 0 Å². The lowest BCUT2D eigenvalue weighted by atomic mass is 10.1. The maximum atomic E-state index is 11.6. The Balaban J connectivity index is 2.53. The van der Waals surface area contributed by atoms with Gasteiger partial charge in [0.2, 0.25) is 0 Å². The monoisotopic (exact) mass is 336 g/mol. The molecule has 1 aromatic heterocycles. The first-order chi connectivity index (χ1) is 9.54. The summed E-state index contributed by atoms with van der Waals surface area (Å²) in [4.78, 5) is 18.0. The molecule has 0 spiro atoms. The van der Waals surface area contributed by atoms with E-state index in [4.69, 9.17) is 4.74 Å². The van der Waals surface area contributed by atoms with Crippen molar-refractivity contribution in [2.75, 3.05) is 18.6 Å². The van der Waals surface area contributed by atoms with E-state index in [2.05, 4.69) is 20.9 Å². The smallest absolute Gasteiger partial charge is 0.325 e. The van der Waals surface area contributed by atoms with Gasteiger partial charge in [0.05, 0.1) is 7.11 Å². The van der Waals surface area contributed by atoms with Crippen LogP contribution in [0.5, 0.6) is 0 Å². The third-order valence-electron chi connectivity index (χ3n) is 3.15. The standard InChI is InChI=1S/C15H17BrN2O2/c1-10(2)18(9-14(19)20-3)15-12-5-4-6-13(16)11(12)7-8-17-15/h4-8,10H,9H2,1-3H3. The van der Waals surface area contributed by atoms with Gasteiger partial charge in [0.25, 0.3) is 0 Å². The Bertz CT molecular complexity index is 628. The topological polar surface area (TPSA) is 42.4 Å². The molecule has 0 atom stereocenters. The van der Waals surface area contributed by atoms with Crippen LogP contribution in [0.2, 0.25) is 0 Å². The van der Waals surface area contributed by atoms with Crippen LogP contribution in [0.25, 0.3) is 10.8 Å². The van der Waals surface area contributed by atoms with Gasteiger partial charge in [-0.1, -0.05) is 28.1 Å². The fraction of sp³-hybridized carbons (Fsp3) is 0.333. The van der Waals surface area contributed by atoms with Crippen LogP contribution in [0.3, 0.4) is 0 Å². The largest absolute Gasteiger partial charge is 0.468 e. The number of hydrogen-bond donors (Lipinski definition) is 0. The van der Waals surface area contributed by atoms with Gasteiger partial charge in [-0.15, -0.1) is 0 Å². The van der Waals surface area contributed by atoms with Crippen LogP contribution in [0.4, 0.5) is 5.82 Å². The number of ether oxygens (including phenoxy) is 1. The summed E-state index contributed by atoms with van der Waals surface area (Å²) in [6, 6.07) is 8.07. The fourth-order valence-electron chi connectivity index (χ4n) is 2.09. The normalized spacial score (nSPS) is 10.8. The molecular weight excluding hydrogens is 320 g/mol. The Morgan fingerprint density at radius 1 is 1.35 bits per heavy atom. The summed E-state index contributed by atoms with van der Waals surface area (Å²) in [7, 11) is 1.40. The molecule has 0 aliphatic heterocycles. The Morgan fingerprint density at radius 3 is 2.75 bits per heavy atom. The van der Waals surface area contributed by atoms with E-state index in [0.717, 1.165) is 21.1 Å². The first-order valence-corrected chi connectivity index (χ1v) is 7.20. The van der Waals surface area contributed by atoms with Gasteiger partial charge >= 0.3 is 5.97 Å². The van der Waals surface area contributed by atoms with Crippen molar-refractivity contribution >= 4 is 38.5 Å². The minimum atomic E-state index is -0.271. The van der Waals surface area contributed by atoms with E-state index in [9.17, 15) is 4.79 Å². The minimum Gasteiger partial charge on any atom is -0.468 e. The van der Waals surface area contributed by atoms with Crippen LogP contribution >= 0.6 is 15.9 Å². The van der Waals surface area contributed by atoms with E-state index < -0.39 is 0 Å². The first-order valence-electron chi connectivity index (χ1n) is 6.41. The van der Waals surface area contributed by atoms with E-state index in [0.29, 0.717) is 0 Å². The van der Waals surface area contributed by atoms with E-state index in [-0.39, 0.29) is 18.6 Å². The Hall–Kier alpha value is -1.62. The van der Waals surface area contributed by atoms with E-state index in [1.807, 2.05) is 43.0 Å². The fourth-order valence-corrected chi connectivity index (χ4v) is 2.59. The summed E-state index contributed by atoms with van der Waals surface area (Å²) in [6.07, 6.45) is 1.76. The third kappa shape index (κ3) is 2.93. The third-order valence-corrected chi connectivity index (χ3v) is 3.85. The highest BCUT2D eigenvalue weighted by molar-refractivity contribution is 9.10. The lowest BCUT2D eigenvalue weighted by Gasteiger charge is -2.27. The number of carbonyl (C=O) groups excluding carboxylic acids is 1. The van der Waals surface area contributed by atoms with Crippen LogP contribution < -0.4 is 4.90 Å². The zero-order valence-electron chi connectivity index (χ0n) is 11.8. The highest BCUT2D eigenvalue weighted by Crippen LogP contribution is 2.30. The number of carbonyl (C=O) groups is 1. The maximum absolute atomic E-state index is 11.6. The van der Waals surface area contributed by atoms with Crippen molar-refractivity contribution < 1.29 is 9.53 Å². The second-order valence-electron chi connectivity index (χ2n) is 4.77. The Kier molecular flexibility index (Phi) is 4.60. The highest BCUT2D eigenvalue weighted by Gasteiger charge is 2.18. The van der Waals surface area contributed by atoms with Gasteiger partial charge in [0, 0.05) is 27.5 Å². The van der Waals surface area contributed by atoms with Crippen molar-refractivity contribution in [1.29, 1.82) is 0 Å². The van der Waals surface area contributed by atoms with Gasteiger partial charge in [-0.25, -0.2) is 4.98 Å². The van der Waals surface area contributed by atoms with Gasteiger partial charge in [0.1, 0.15) is 12.4 Å². The van der Waals surface area contributed by atoms with Crippen molar-refractivity contribution in [3.8, 4) is 0 Å². The minimum absolute atomic E-state index is 0.145. The number of aromatic nitrogens is 1. The SMILES string of the molecule is COC(=O)CN(c1nccc2c(Br)cccc12)C(C)C. The molecule has 20 heavy (non-hydrogen) atoms. The second-order valence-corrected chi connectivity index (χ2v) is 5.62. The van der Waals surface area contributed by atoms with Crippen molar-refractivity contribution in [2.24, 2.45) is 0 Å². The molecule has 106 valence electrons. The zero-order chi connectivity index (χ0) is 14.7. The molecular formula is C15H17BrN2O2.